The first-order valence-electron chi connectivity index (χ1n) is 4.80. The maximum absolute atomic E-state index is 6.11. The third-order valence-electron chi connectivity index (χ3n) is 2.99. The minimum Gasteiger partial charge on any atom is -0.330 e. The molecule has 1 nitrogen and oxygen atoms in total. The minimum atomic E-state index is 0.314. The first-order valence-corrected chi connectivity index (χ1v) is 5.55. The Hall–Kier alpha value is -0.240. The Bertz CT molecular complexity index is 345. The molecule has 0 unspecified atom stereocenters. The number of hydrogen-bond donors (Lipinski definition) is 1. The topological polar surface area (TPSA) is 26.0 Å². The molecule has 0 aliphatic heterocycles. The molecule has 76 valence electrons. The summed E-state index contributed by atoms with van der Waals surface area (Å²) < 4.78 is 0. The van der Waals surface area contributed by atoms with Gasteiger partial charge in [0.25, 0.3) is 0 Å². The van der Waals surface area contributed by atoms with Gasteiger partial charge < -0.3 is 5.73 Å². The van der Waals surface area contributed by atoms with Gasteiger partial charge in [-0.3, -0.25) is 0 Å². The maximum atomic E-state index is 6.11. The van der Waals surface area contributed by atoms with E-state index >= 15 is 0 Å². The minimum absolute atomic E-state index is 0.314. The van der Waals surface area contributed by atoms with Gasteiger partial charge in [0.05, 0.1) is 10.0 Å². The maximum Gasteiger partial charge on any atom is 0.0624 e. The summed E-state index contributed by atoms with van der Waals surface area (Å²) in [6.45, 7) is 0.746. The zero-order valence-electron chi connectivity index (χ0n) is 7.89. The second-order valence-corrected chi connectivity index (χ2v) is 4.88. The first kappa shape index (κ1) is 10.3. The molecule has 0 heterocycles. The van der Waals surface area contributed by atoms with Crippen LogP contribution >= 0.6 is 23.2 Å². The van der Waals surface area contributed by atoms with Gasteiger partial charge in [-0.05, 0) is 42.9 Å². The quantitative estimate of drug-likeness (QED) is 0.847. The normalized spacial score (nSPS) is 18.2. The summed E-state index contributed by atoms with van der Waals surface area (Å²) in [4.78, 5) is 0. The first-order chi connectivity index (χ1) is 6.67. The third-order valence-corrected chi connectivity index (χ3v) is 3.85. The molecule has 14 heavy (non-hydrogen) atoms. The molecule has 2 N–H and O–H groups in total. The molecule has 0 radical (unpaired) electrons. The molecular weight excluding hydrogens is 217 g/mol. The summed E-state index contributed by atoms with van der Waals surface area (Å²) in [7, 11) is 0. The van der Waals surface area contributed by atoms with Crippen LogP contribution in [0.4, 0.5) is 0 Å². The standard InChI is InChI=1S/C11H13Cl2N/c12-9-3-1-2-8(10(9)13)6-11(7-14)4-5-11/h1-3H,4-7,14H2. The third kappa shape index (κ3) is 1.90. The van der Waals surface area contributed by atoms with Gasteiger partial charge in [0.2, 0.25) is 0 Å². The fourth-order valence-electron chi connectivity index (χ4n) is 1.72. The predicted octanol–water partition coefficient (Wildman–Crippen LogP) is 3.27. The highest BCUT2D eigenvalue weighted by molar-refractivity contribution is 6.42. The van der Waals surface area contributed by atoms with E-state index in [1.165, 1.54) is 12.8 Å². The highest BCUT2D eigenvalue weighted by Gasteiger charge is 2.41. The van der Waals surface area contributed by atoms with Gasteiger partial charge in [-0.2, -0.15) is 0 Å². The molecule has 2 rings (SSSR count). The highest BCUT2D eigenvalue weighted by Crippen LogP contribution is 2.48. The summed E-state index contributed by atoms with van der Waals surface area (Å²) in [5, 5.41) is 1.32. The van der Waals surface area contributed by atoms with E-state index in [0.717, 1.165) is 18.5 Å². The monoisotopic (exact) mass is 229 g/mol. The van der Waals surface area contributed by atoms with Crippen molar-refractivity contribution in [3.8, 4) is 0 Å². The van der Waals surface area contributed by atoms with Gasteiger partial charge in [0.1, 0.15) is 0 Å². The van der Waals surface area contributed by atoms with Crippen LogP contribution in [0.5, 0.6) is 0 Å². The Labute approximate surface area is 94.2 Å². The van der Waals surface area contributed by atoms with E-state index in [9.17, 15) is 0 Å². The largest absolute Gasteiger partial charge is 0.330 e. The van der Waals surface area contributed by atoms with Crippen molar-refractivity contribution in [1.29, 1.82) is 0 Å². The van der Waals surface area contributed by atoms with Gasteiger partial charge in [-0.1, -0.05) is 35.3 Å². The zero-order valence-corrected chi connectivity index (χ0v) is 9.41. The molecule has 0 bridgehead atoms. The highest BCUT2D eigenvalue weighted by atomic mass is 35.5. The second kappa shape index (κ2) is 3.73. The molecule has 0 aromatic heterocycles. The van der Waals surface area contributed by atoms with Crippen LogP contribution in [0, 0.1) is 5.41 Å². The van der Waals surface area contributed by atoms with Crippen LogP contribution in [0.2, 0.25) is 10.0 Å². The van der Waals surface area contributed by atoms with Crippen molar-refractivity contribution in [3.63, 3.8) is 0 Å². The van der Waals surface area contributed by atoms with Gasteiger partial charge in [-0.25, -0.2) is 0 Å². The molecule has 0 saturated heterocycles. The SMILES string of the molecule is NCC1(Cc2cccc(Cl)c2Cl)CC1. The Morgan fingerprint density at radius 1 is 1.29 bits per heavy atom. The van der Waals surface area contributed by atoms with Crippen molar-refractivity contribution in [2.75, 3.05) is 6.54 Å². The molecule has 1 aromatic rings. The number of hydrogen-bond acceptors (Lipinski definition) is 1. The average Bonchev–Trinajstić information content (AvgIpc) is 2.94. The molecule has 1 aliphatic carbocycles. The van der Waals surface area contributed by atoms with Crippen molar-refractivity contribution in [3.05, 3.63) is 33.8 Å². The summed E-state index contributed by atoms with van der Waals surface area (Å²) in [5.41, 5.74) is 7.17. The molecule has 1 aromatic carbocycles. The zero-order chi connectivity index (χ0) is 10.2. The summed E-state index contributed by atoms with van der Waals surface area (Å²) in [6.07, 6.45) is 3.39. The number of rotatable bonds is 3. The van der Waals surface area contributed by atoms with Crippen LogP contribution in [-0.2, 0) is 6.42 Å². The van der Waals surface area contributed by atoms with Gasteiger partial charge >= 0.3 is 0 Å². The second-order valence-electron chi connectivity index (χ2n) is 4.09. The lowest BCUT2D eigenvalue weighted by atomic mass is 9.97. The Morgan fingerprint density at radius 3 is 2.57 bits per heavy atom. The molecule has 0 atom stereocenters. The Morgan fingerprint density at radius 2 is 2.00 bits per heavy atom. The van der Waals surface area contributed by atoms with Crippen molar-refractivity contribution in [2.45, 2.75) is 19.3 Å². The van der Waals surface area contributed by atoms with Crippen LogP contribution in [0.1, 0.15) is 18.4 Å². The van der Waals surface area contributed by atoms with E-state index in [4.69, 9.17) is 28.9 Å². The van der Waals surface area contributed by atoms with Crippen molar-refractivity contribution in [2.24, 2.45) is 11.1 Å². The van der Waals surface area contributed by atoms with E-state index in [0.29, 0.717) is 15.5 Å². The fraction of sp³-hybridized carbons (Fsp3) is 0.455. The molecule has 1 aliphatic rings. The van der Waals surface area contributed by atoms with E-state index in [1.54, 1.807) is 0 Å². The van der Waals surface area contributed by atoms with Crippen molar-refractivity contribution in [1.82, 2.24) is 0 Å². The molecule has 1 saturated carbocycles. The van der Waals surface area contributed by atoms with Crippen LogP contribution in [0.15, 0.2) is 18.2 Å². The van der Waals surface area contributed by atoms with E-state index in [2.05, 4.69) is 0 Å². The van der Waals surface area contributed by atoms with E-state index in [-0.39, 0.29) is 0 Å². The van der Waals surface area contributed by atoms with Crippen LogP contribution in [0.3, 0.4) is 0 Å². The average molecular weight is 230 g/mol. The van der Waals surface area contributed by atoms with E-state index in [1.807, 2.05) is 18.2 Å². The fourth-order valence-corrected chi connectivity index (χ4v) is 2.11. The summed E-state index contributed by atoms with van der Waals surface area (Å²) >= 11 is 12.1. The lowest BCUT2D eigenvalue weighted by Crippen LogP contribution is -2.18. The lowest BCUT2D eigenvalue weighted by Gasteiger charge is -2.13. The Kier molecular flexibility index (Phi) is 2.74. The van der Waals surface area contributed by atoms with Crippen molar-refractivity contribution >= 4 is 23.2 Å². The molecular formula is C11H13Cl2N. The van der Waals surface area contributed by atoms with Crippen LogP contribution in [-0.4, -0.2) is 6.54 Å². The number of nitrogens with two attached hydrogens (primary N) is 1. The smallest absolute Gasteiger partial charge is 0.0624 e. The Balaban J connectivity index is 2.21. The van der Waals surface area contributed by atoms with Gasteiger partial charge in [0.15, 0.2) is 0 Å². The van der Waals surface area contributed by atoms with Gasteiger partial charge in [-0.15, -0.1) is 0 Å². The summed E-state index contributed by atoms with van der Waals surface area (Å²) in [5.74, 6) is 0. The summed E-state index contributed by atoms with van der Waals surface area (Å²) in [6, 6.07) is 5.79. The lowest BCUT2D eigenvalue weighted by molar-refractivity contribution is 0.521. The van der Waals surface area contributed by atoms with Crippen LogP contribution in [0.25, 0.3) is 0 Å². The molecule has 0 spiro atoms. The van der Waals surface area contributed by atoms with E-state index < -0.39 is 0 Å². The molecule has 1 fully saturated rings. The molecule has 0 amide bonds. The number of halogens is 2. The van der Waals surface area contributed by atoms with Crippen molar-refractivity contribution < 1.29 is 0 Å². The molecule has 3 heteroatoms. The predicted molar refractivity (Wildman–Crippen MR) is 60.9 cm³/mol. The van der Waals surface area contributed by atoms with Crippen LogP contribution < -0.4 is 5.73 Å². The van der Waals surface area contributed by atoms with Gasteiger partial charge in [0, 0.05) is 0 Å². The number of benzene rings is 1.